The third-order valence-electron chi connectivity index (χ3n) is 2.88. The topological polar surface area (TPSA) is 49.9 Å². The molecule has 5 heteroatoms. The molecule has 1 aromatic carbocycles. The second-order valence-electron chi connectivity index (χ2n) is 4.27. The number of nitrogens with zero attached hydrogens (tertiary/aromatic N) is 2. The minimum Gasteiger partial charge on any atom is -0.410 e. The van der Waals surface area contributed by atoms with E-state index < -0.39 is 6.09 Å². The van der Waals surface area contributed by atoms with Crippen LogP contribution in [0, 0.1) is 0 Å². The van der Waals surface area contributed by atoms with Crippen LogP contribution in [0.2, 0.25) is 0 Å². The van der Waals surface area contributed by atoms with Crippen LogP contribution in [0.4, 0.5) is 4.79 Å². The standard InChI is InChI=1S/C13H16N2O3/c1-14-8-5-9-15(10-12(14)16)13(17)18-11-6-3-2-4-7-11/h2-4,6-7H,5,8-10H2,1H3. The molecule has 0 spiro atoms. The molecule has 0 radical (unpaired) electrons. The molecule has 96 valence electrons. The number of hydrogen-bond acceptors (Lipinski definition) is 3. The number of hydrogen-bond donors (Lipinski definition) is 0. The van der Waals surface area contributed by atoms with Crippen LogP contribution < -0.4 is 4.74 Å². The summed E-state index contributed by atoms with van der Waals surface area (Å²) in [6.07, 6.45) is 0.302. The molecule has 1 aliphatic rings. The van der Waals surface area contributed by atoms with E-state index >= 15 is 0 Å². The number of ether oxygens (including phenoxy) is 1. The molecule has 1 fully saturated rings. The number of likely N-dealkylation sites (N-methyl/N-ethyl adjacent to an activating group) is 1. The summed E-state index contributed by atoms with van der Waals surface area (Å²) in [7, 11) is 1.74. The quantitative estimate of drug-likeness (QED) is 0.753. The van der Waals surface area contributed by atoms with E-state index in [-0.39, 0.29) is 12.5 Å². The summed E-state index contributed by atoms with van der Waals surface area (Å²) in [5.74, 6) is 0.435. The van der Waals surface area contributed by atoms with Crippen LogP contribution in [0.5, 0.6) is 5.75 Å². The summed E-state index contributed by atoms with van der Waals surface area (Å²) in [5.41, 5.74) is 0. The number of rotatable bonds is 1. The van der Waals surface area contributed by atoms with Crippen molar-refractivity contribution in [1.82, 2.24) is 9.80 Å². The van der Waals surface area contributed by atoms with Crippen LogP contribution in [0.1, 0.15) is 6.42 Å². The third kappa shape index (κ3) is 3.00. The number of carbonyl (C=O) groups excluding carboxylic acids is 2. The van der Waals surface area contributed by atoms with Gasteiger partial charge >= 0.3 is 6.09 Å². The van der Waals surface area contributed by atoms with Crippen molar-refractivity contribution < 1.29 is 14.3 Å². The van der Waals surface area contributed by atoms with E-state index in [1.165, 1.54) is 4.90 Å². The largest absolute Gasteiger partial charge is 0.415 e. The highest BCUT2D eigenvalue weighted by atomic mass is 16.6. The second-order valence-corrected chi connectivity index (χ2v) is 4.27. The number of benzene rings is 1. The molecule has 0 bridgehead atoms. The van der Waals surface area contributed by atoms with Crippen molar-refractivity contribution in [3.8, 4) is 5.75 Å². The summed E-state index contributed by atoms with van der Waals surface area (Å²) in [6, 6.07) is 8.86. The molecule has 1 aliphatic heterocycles. The molecule has 0 aliphatic carbocycles. The van der Waals surface area contributed by atoms with Gasteiger partial charge in [0.2, 0.25) is 5.91 Å². The molecule has 0 aromatic heterocycles. The lowest BCUT2D eigenvalue weighted by atomic mass is 10.3. The molecule has 1 heterocycles. The maximum absolute atomic E-state index is 11.9. The average Bonchev–Trinajstić information content (AvgIpc) is 2.53. The van der Waals surface area contributed by atoms with Gasteiger partial charge in [-0.25, -0.2) is 4.79 Å². The molecule has 0 atom stereocenters. The van der Waals surface area contributed by atoms with Gasteiger partial charge in [0.1, 0.15) is 12.3 Å². The maximum atomic E-state index is 11.9. The summed E-state index contributed by atoms with van der Waals surface area (Å²) in [4.78, 5) is 26.6. The van der Waals surface area contributed by atoms with Crippen molar-refractivity contribution in [3.63, 3.8) is 0 Å². The zero-order valence-electron chi connectivity index (χ0n) is 10.3. The predicted octanol–water partition coefficient (Wildman–Crippen LogP) is 1.35. The highest BCUT2D eigenvalue weighted by molar-refractivity contribution is 5.83. The first kappa shape index (κ1) is 12.4. The highest BCUT2D eigenvalue weighted by Gasteiger charge is 2.24. The van der Waals surface area contributed by atoms with E-state index in [1.54, 1.807) is 36.2 Å². The van der Waals surface area contributed by atoms with Crippen LogP contribution in [-0.2, 0) is 4.79 Å². The lowest BCUT2D eigenvalue weighted by molar-refractivity contribution is -0.129. The molecule has 0 N–H and O–H groups in total. The molecule has 1 saturated heterocycles. The molecular formula is C13H16N2O3. The van der Waals surface area contributed by atoms with E-state index in [2.05, 4.69) is 0 Å². The van der Waals surface area contributed by atoms with E-state index in [0.717, 1.165) is 6.42 Å². The fourth-order valence-electron chi connectivity index (χ4n) is 1.80. The second kappa shape index (κ2) is 5.53. The Balaban J connectivity index is 1.98. The Morgan fingerprint density at radius 2 is 1.94 bits per heavy atom. The van der Waals surface area contributed by atoms with E-state index in [1.807, 2.05) is 6.07 Å². The Kier molecular flexibility index (Phi) is 3.82. The molecule has 0 unspecified atom stereocenters. The molecule has 2 rings (SSSR count). The zero-order valence-corrected chi connectivity index (χ0v) is 10.3. The van der Waals surface area contributed by atoms with Gasteiger partial charge in [0, 0.05) is 20.1 Å². The van der Waals surface area contributed by atoms with Crippen molar-refractivity contribution in [3.05, 3.63) is 30.3 Å². The summed E-state index contributed by atoms with van der Waals surface area (Å²) >= 11 is 0. The van der Waals surface area contributed by atoms with Gasteiger partial charge in [0.15, 0.2) is 0 Å². The Bertz CT molecular complexity index is 433. The number of carbonyl (C=O) groups is 2. The van der Waals surface area contributed by atoms with Gasteiger partial charge in [-0.15, -0.1) is 0 Å². The molecular weight excluding hydrogens is 232 g/mol. The normalized spacial score (nSPS) is 16.4. The molecule has 5 nitrogen and oxygen atoms in total. The Hall–Kier alpha value is -2.04. The van der Waals surface area contributed by atoms with Gasteiger partial charge in [-0.3, -0.25) is 9.69 Å². The number of amides is 2. The van der Waals surface area contributed by atoms with Crippen molar-refractivity contribution in [2.45, 2.75) is 6.42 Å². The first-order valence-corrected chi connectivity index (χ1v) is 5.92. The monoisotopic (exact) mass is 248 g/mol. The van der Waals surface area contributed by atoms with Gasteiger partial charge in [-0.2, -0.15) is 0 Å². The van der Waals surface area contributed by atoms with Gasteiger partial charge < -0.3 is 9.64 Å². The minimum atomic E-state index is -0.468. The summed E-state index contributed by atoms with van der Waals surface area (Å²) in [5, 5.41) is 0. The average molecular weight is 248 g/mol. The van der Waals surface area contributed by atoms with Crippen LogP contribution in [0.3, 0.4) is 0 Å². The van der Waals surface area contributed by atoms with Gasteiger partial charge in [-0.05, 0) is 18.6 Å². The summed E-state index contributed by atoms with van der Waals surface area (Å²) < 4.78 is 5.21. The van der Waals surface area contributed by atoms with Crippen molar-refractivity contribution in [2.75, 3.05) is 26.7 Å². The van der Waals surface area contributed by atoms with Crippen molar-refractivity contribution in [1.29, 1.82) is 0 Å². The van der Waals surface area contributed by atoms with Crippen molar-refractivity contribution >= 4 is 12.0 Å². The van der Waals surface area contributed by atoms with Crippen molar-refractivity contribution in [2.24, 2.45) is 0 Å². The fraction of sp³-hybridized carbons (Fsp3) is 0.385. The Morgan fingerprint density at radius 3 is 2.67 bits per heavy atom. The van der Waals surface area contributed by atoms with E-state index in [4.69, 9.17) is 4.74 Å². The Morgan fingerprint density at radius 1 is 1.22 bits per heavy atom. The summed E-state index contributed by atoms with van der Waals surface area (Å²) in [6.45, 7) is 1.30. The smallest absolute Gasteiger partial charge is 0.410 e. The molecule has 0 saturated carbocycles. The third-order valence-corrected chi connectivity index (χ3v) is 2.88. The lowest BCUT2D eigenvalue weighted by Gasteiger charge is -2.19. The van der Waals surface area contributed by atoms with E-state index in [0.29, 0.717) is 18.8 Å². The van der Waals surface area contributed by atoms with Crippen LogP contribution in [0.15, 0.2) is 30.3 Å². The lowest BCUT2D eigenvalue weighted by Crippen LogP contribution is -2.39. The van der Waals surface area contributed by atoms with Gasteiger partial charge in [-0.1, -0.05) is 18.2 Å². The highest BCUT2D eigenvalue weighted by Crippen LogP contribution is 2.11. The molecule has 18 heavy (non-hydrogen) atoms. The first-order chi connectivity index (χ1) is 8.66. The van der Waals surface area contributed by atoms with Crippen LogP contribution in [0.25, 0.3) is 0 Å². The minimum absolute atomic E-state index is 0.0579. The molecule has 2 amide bonds. The van der Waals surface area contributed by atoms with Crippen LogP contribution in [-0.4, -0.2) is 48.5 Å². The zero-order chi connectivity index (χ0) is 13.0. The number of para-hydroxylation sites is 1. The molecule has 1 aromatic rings. The fourth-order valence-corrected chi connectivity index (χ4v) is 1.80. The Labute approximate surface area is 106 Å². The van der Waals surface area contributed by atoms with Gasteiger partial charge in [0.05, 0.1) is 0 Å². The SMILES string of the molecule is CN1CCCN(C(=O)Oc2ccccc2)CC1=O. The predicted molar refractivity (Wildman–Crippen MR) is 66.3 cm³/mol. The maximum Gasteiger partial charge on any atom is 0.415 e. The first-order valence-electron chi connectivity index (χ1n) is 5.92. The van der Waals surface area contributed by atoms with Crippen LogP contribution >= 0.6 is 0 Å². The van der Waals surface area contributed by atoms with Gasteiger partial charge in [0.25, 0.3) is 0 Å². The van der Waals surface area contributed by atoms with E-state index in [9.17, 15) is 9.59 Å².